The molecular formula is C14H15Cl2NO3. The van der Waals surface area contributed by atoms with Gasteiger partial charge in [0, 0.05) is 0 Å². The van der Waals surface area contributed by atoms with Crippen molar-refractivity contribution in [3.8, 4) is 0 Å². The van der Waals surface area contributed by atoms with E-state index >= 15 is 0 Å². The molecule has 0 heterocycles. The van der Waals surface area contributed by atoms with Crippen LogP contribution in [0.4, 0.5) is 0 Å². The topological polar surface area (TPSA) is 66.4 Å². The van der Waals surface area contributed by atoms with Crippen molar-refractivity contribution >= 4 is 35.1 Å². The van der Waals surface area contributed by atoms with Gasteiger partial charge in [-0.2, -0.15) is 0 Å². The van der Waals surface area contributed by atoms with Crippen LogP contribution in [-0.4, -0.2) is 22.5 Å². The molecule has 1 aromatic carbocycles. The highest BCUT2D eigenvalue weighted by Gasteiger charge is 2.42. The van der Waals surface area contributed by atoms with E-state index in [2.05, 4.69) is 5.32 Å². The number of hydrogen-bond donors (Lipinski definition) is 2. The summed E-state index contributed by atoms with van der Waals surface area (Å²) in [5.74, 6) is -1.27. The standard InChI is InChI=1S/C14H15Cl2NO3/c15-10-4-3-9(7-11(10)16)8-12(18)17-14(13(19)20)5-1-2-6-14/h3-4,7H,1-2,5-6,8H2,(H,17,18)(H,19,20). The summed E-state index contributed by atoms with van der Waals surface area (Å²) in [6.45, 7) is 0. The second-order valence-corrected chi connectivity index (χ2v) is 5.88. The van der Waals surface area contributed by atoms with E-state index in [1.807, 2.05) is 0 Å². The molecule has 1 amide bonds. The lowest BCUT2D eigenvalue weighted by Gasteiger charge is -2.25. The molecule has 108 valence electrons. The van der Waals surface area contributed by atoms with Crippen LogP contribution in [0.1, 0.15) is 31.2 Å². The fourth-order valence-corrected chi connectivity index (χ4v) is 2.84. The molecule has 0 unspecified atom stereocenters. The van der Waals surface area contributed by atoms with Crippen LogP contribution in [0.3, 0.4) is 0 Å². The molecule has 20 heavy (non-hydrogen) atoms. The summed E-state index contributed by atoms with van der Waals surface area (Å²) in [4.78, 5) is 23.4. The van der Waals surface area contributed by atoms with Gasteiger partial charge in [-0.05, 0) is 30.5 Å². The summed E-state index contributed by atoms with van der Waals surface area (Å²) in [5, 5.41) is 12.8. The summed E-state index contributed by atoms with van der Waals surface area (Å²) in [6.07, 6.45) is 2.69. The Bertz CT molecular complexity index is 539. The fourth-order valence-electron chi connectivity index (χ4n) is 2.52. The predicted molar refractivity (Wildman–Crippen MR) is 77.1 cm³/mol. The molecule has 0 saturated heterocycles. The first kappa shape index (κ1) is 15.1. The summed E-state index contributed by atoms with van der Waals surface area (Å²) in [5.41, 5.74) is -0.400. The molecule has 1 fully saturated rings. The third-order valence-electron chi connectivity index (χ3n) is 3.59. The fraction of sp³-hybridized carbons (Fsp3) is 0.429. The molecule has 4 nitrogen and oxygen atoms in total. The Labute approximate surface area is 127 Å². The number of carboxylic acids is 1. The van der Waals surface area contributed by atoms with Crippen LogP contribution in [0.25, 0.3) is 0 Å². The van der Waals surface area contributed by atoms with Crippen LogP contribution in [0.15, 0.2) is 18.2 Å². The number of hydrogen-bond acceptors (Lipinski definition) is 2. The Morgan fingerprint density at radius 3 is 2.40 bits per heavy atom. The second-order valence-electron chi connectivity index (χ2n) is 5.07. The van der Waals surface area contributed by atoms with Gasteiger partial charge in [-0.25, -0.2) is 4.79 Å². The number of carbonyl (C=O) groups excluding carboxylic acids is 1. The molecule has 0 spiro atoms. The quantitative estimate of drug-likeness (QED) is 0.897. The number of carboxylic acid groups (broad SMARTS) is 1. The van der Waals surface area contributed by atoms with Gasteiger partial charge in [-0.1, -0.05) is 42.1 Å². The number of carbonyl (C=O) groups is 2. The van der Waals surface area contributed by atoms with Crippen LogP contribution in [0.5, 0.6) is 0 Å². The zero-order chi connectivity index (χ0) is 14.8. The van der Waals surface area contributed by atoms with Crippen molar-refractivity contribution < 1.29 is 14.7 Å². The number of amides is 1. The smallest absolute Gasteiger partial charge is 0.329 e. The Hall–Kier alpha value is -1.26. The van der Waals surface area contributed by atoms with Gasteiger partial charge in [0.1, 0.15) is 5.54 Å². The molecular weight excluding hydrogens is 301 g/mol. The molecule has 0 atom stereocenters. The Balaban J connectivity index is 2.04. The minimum atomic E-state index is -1.10. The normalized spacial score (nSPS) is 16.9. The van der Waals surface area contributed by atoms with E-state index in [1.54, 1.807) is 18.2 Å². The number of rotatable bonds is 4. The summed E-state index contributed by atoms with van der Waals surface area (Å²) >= 11 is 11.7. The van der Waals surface area contributed by atoms with Crippen LogP contribution in [0.2, 0.25) is 10.0 Å². The lowest BCUT2D eigenvalue weighted by molar-refractivity contribution is -0.147. The molecule has 0 radical (unpaired) electrons. The largest absolute Gasteiger partial charge is 0.480 e. The van der Waals surface area contributed by atoms with E-state index in [1.165, 1.54) is 0 Å². The highest BCUT2D eigenvalue weighted by molar-refractivity contribution is 6.42. The molecule has 0 bridgehead atoms. The van der Waals surface area contributed by atoms with E-state index in [9.17, 15) is 14.7 Å². The van der Waals surface area contributed by atoms with Crippen molar-refractivity contribution in [1.29, 1.82) is 0 Å². The molecule has 1 aliphatic carbocycles. The zero-order valence-corrected chi connectivity index (χ0v) is 12.3. The van der Waals surface area contributed by atoms with Gasteiger partial charge in [-0.3, -0.25) is 4.79 Å². The van der Waals surface area contributed by atoms with Crippen molar-refractivity contribution in [2.75, 3.05) is 0 Å². The zero-order valence-electron chi connectivity index (χ0n) is 10.8. The highest BCUT2D eigenvalue weighted by Crippen LogP contribution is 2.30. The number of benzene rings is 1. The summed E-state index contributed by atoms with van der Waals surface area (Å²) in [6, 6.07) is 4.94. The maximum atomic E-state index is 12.0. The van der Waals surface area contributed by atoms with Crippen LogP contribution in [0, 0.1) is 0 Å². The maximum Gasteiger partial charge on any atom is 0.329 e. The van der Waals surface area contributed by atoms with Crippen LogP contribution in [-0.2, 0) is 16.0 Å². The third kappa shape index (κ3) is 3.25. The van der Waals surface area contributed by atoms with Crippen LogP contribution < -0.4 is 5.32 Å². The summed E-state index contributed by atoms with van der Waals surface area (Å²) in [7, 11) is 0. The van der Waals surface area contributed by atoms with E-state index in [-0.39, 0.29) is 12.3 Å². The predicted octanol–water partition coefficient (Wildman–Crippen LogP) is 3.05. The van der Waals surface area contributed by atoms with Gasteiger partial charge >= 0.3 is 5.97 Å². The minimum Gasteiger partial charge on any atom is -0.480 e. The first-order valence-electron chi connectivity index (χ1n) is 6.41. The Morgan fingerprint density at radius 2 is 1.85 bits per heavy atom. The minimum absolute atomic E-state index is 0.0892. The van der Waals surface area contributed by atoms with Crippen molar-refractivity contribution in [3.63, 3.8) is 0 Å². The van der Waals surface area contributed by atoms with Gasteiger partial charge in [0.25, 0.3) is 0 Å². The highest BCUT2D eigenvalue weighted by atomic mass is 35.5. The average Bonchev–Trinajstić information content (AvgIpc) is 2.83. The van der Waals surface area contributed by atoms with Crippen molar-refractivity contribution in [3.05, 3.63) is 33.8 Å². The monoisotopic (exact) mass is 315 g/mol. The Kier molecular flexibility index (Phi) is 4.55. The van der Waals surface area contributed by atoms with E-state index in [4.69, 9.17) is 23.2 Å². The molecule has 1 aromatic rings. The second kappa shape index (κ2) is 6.02. The van der Waals surface area contributed by atoms with E-state index in [0.29, 0.717) is 28.5 Å². The van der Waals surface area contributed by atoms with Gasteiger partial charge in [0.05, 0.1) is 16.5 Å². The van der Waals surface area contributed by atoms with Gasteiger partial charge < -0.3 is 10.4 Å². The maximum absolute atomic E-state index is 12.0. The lowest BCUT2D eigenvalue weighted by atomic mass is 9.97. The molecule has 2 N–H and O–H groups in total. The molecule has 2 rings (SSSR count). The van der Waals surface area contributed by atoms with E-state index in [0.717, 1.165) is 12.8 Å². The molecule has 1 saturated carbocycles. The van der Waals surface area contributed by atoms with Gasteiger partial charge in [-0.15, -0.1) is 0 Å². The molecule has 0 aromatic heterocycles. The number of nitrogens with one attached hydrogen (secondary N) is 1. The van der Waals surface area contributed by atoms with Gasteiger partial charge in [0.2, 0.25) is 5.91 Å². The average molecular weight is 316 g/mol. The lowest BCUT2D eigenvalue weighted by Crippen LogP contribution is -2.52. The first-order valence-corrected chi connectivity index (χ1v) is 7.17. The third-order valence-corrected chi connectivity index (χ3v) is 4.33. The molecule has 1 aliphatic rings. The van der Waals surface area contributed by atoms with Gasteiger partial charge in [0.15, 0.2) is 0 Å². The summed E-state index contributed by atoms with van der Waals surface area (Å²) < 4.78 is 0. The number of halogens is 2. The van der Waals surface area contributed by atoms with Crippen LogP contribution >= 0.6 is 23.2 Å². The molecule has 0 aliphatic heterocycles. The van der Waals surface area contributed by atoms with Crippen molar-refractivity contribution in [2.24, 2.45) is 0 Å². The Morgan fingerprint density at radius 1 is 1.20 bits per heavy atom. The number of aliphatic carboxylic acids is 1. The van der Waals surface area contributed by atoms with Crippen molar-refractivity contribution in [2.45, 2.75) is 37.6 Å². The van der Waals surface area contributed by atoms with E-state index < -0.39 is 11.5 Å². The SMILES string of the molecule is O=C(Cc1ccc(Cl)c(Cl)c1)NC1(C(=O)O)CCCC1. The van der Waals surface area contributed by atoms with Crippen molar-refractivity contribution in [1.82, 2.24) is 5.32 Å². The molecule has 6 heteroatoms. The first-order chi connectivity index (χ1) is 9.43.